The molecule has 102 valence electrons. The third-order valence-electron chi connectivity index (χ3n) is 3.26. The Labute approximate surface area is 111 Å². The maximum Gasteiger partial charge on any atom is 0.325 e. The lowest BCUT2D eigenvalue weighted by Gasteiger charge is -2.25. The van der Waals surface area contributed by atoms with Crippen LogP contribution in [-0.2, 0) is 9.59 Å². The van der Waals surface area contributed by atoms with E-state index in [4.69, 9.17) is 9.84 Å². The molecule has 2 N–H and O–H groups in total. The summed E-state index contributed by atoms with van der Waals surface area (Å²) in [4.78, 5) is 22.5. The van der Waals surface area contributed by atoms with Crippen LogP contribution in [0.25, 0.3) is 0 Å². The number of hydrogen-bond donors (Lipinski definition) is 2. The van der Waals surface area contributed by atoms with Gasteiger partial charge in [-0.25, -0.2) is 0 Å². The van der Waals surface area contributed by atoms with Gasteiger partial charge in [0.15, 0.2) is 0 Å². The molecule has 0 aromatic heterocycles. The zero-order valence-corrected chi connectivity index (χ0v) is 10.8. The van der Waals surface area contributed by atoms with Crippen LogP contribution < -0.4 is 10.1 Å². The van der Waals surface area contributed by atoms with E-state index in [1.165, 1.54) is 6.92 Å². The summed E-state index contributed by atoms with van der Waals surface area (Å²) in [6, 6.07) is 6.79. The fourth-order valence-corrected chi connectivity index (χ4v) is 2.21. The Hall–Kier alpha value is -2.04. The van der Waals surface area contributed by atoms with Gasteiger partial charge in [-0.2, -0.15) is 0 Å². The second-order valence-corrected chi connectivity index (χ2v) is 4.70. The monoisotopic (exact) mass is 263 g/mol. The Morgan fingerprint density at radius 2 is 2.21 bits per heavy atom. The van der Waals surface area contributed by atoms with Gasteiger partial charge in [0, 0.05) is 6.42 Å². The molecule has 1 aromatic carbocycles. The van der Waals surface area contributed by atoms with Gasteiger partial charge in [-0.05, 0) is 30.9 Å². The van der Waals surface area contributed by atoms with Crippen LogP contribution in [0.4, 0.5) is 0 Å². The fraction of sp³-hybridized carbons (Fsp3) is 0.429. The van der Waals surface area contributed by atoms with E-state index in [-0.39, 0.29) is 18.2 Å². The Kier molecular flexibility index (Phi) is 4.04. The molecule has 0 fully saturated rings. The van der Waals surface area contributed by atoms with Crippen molar-refractivity contribution in [2.75, 3.05) is 6.61 Å². The van der Waals surface area contributed by atoms with Crippen LogP contribution in [-0.4, -0.2) is 29.6 Å². The SMILES string of the molecule is C[C@H](NC(=O)C[C@@H]1CCOc2ccccc21)C(=O)O. The summed E-state index contributed by atoms with van der Waals surface area (Å²) in [5.41, 5.74) is 1.02. The molecule has 0 radical (unpaired) electrons. The second-order valence-electron chi connectivity index (χ2n) is 4.70. The number of aliphatic carboxylic acids is 1. The van der Waals surface area contributed by atoms with E-state index >= 15 is 0 Å². The number of carboxylic acid groups (broad SMARTS) is 1. The van der Waals surface area contributed by atoms with Gasteiger partial charge in [0.05, 0.1) is 6.61 Å². The predicted octanol–water partition coefficient (Wildman–Crippen LogP) is 1.53. The van der Waals surface area contributed by atoms with Crippen molar-refractivity contribution in [1.82, 2.24) is 5.32 Å². The maximum absolute atomic E-state index is 11.8. The molecule has 0 aliphatic carbocycles. The summed E-state index contributed by atoms with van der Waals surface area (Å²) in [5, 5.41) is 11.2. The smallest absolute Gasteiger partial charge is 0.325 e. The number of fused-ring (bicyclic) bond motifs is 1. The van der Waals surface area contributed by atoms with Crippen molar-refractivity contribution in [3.05, 3.63) is 29.8 Å². The molecule has 1 aliphatic heterocycles. The van der Waals surface area contributed by atoms with E-state index in [9.17, 15) is 9.59 Å². The normalized spacial score (nSPS) is 18.9. The van der Waals surface area contributed by atoms with E-state index in [2.05, 4.69) is 5.32 Å². The van der Waals surface area contributed by atoms with Crippen LogP contribution in [0.5, 0.6) is 5.75 Å². The molecule has 1 aliphatic rings. The molecule has 2 atom stereocenters. The average molecular weight is 263 g/mol. The third kappa shape index (κ3) is 3.24. The van der Waals surface area contributed by atoms with E-state index in [1.807, 2.05) is 24.3 Å². The quantitative estimate of drug-likeness (QED) is 0.863. The Bertz CT molecular complexity index is 486. The molecule has 1 amide bonds. The fourth-order valence-electron chi connectivity index (χ4n) is 2.21. The highest BCUT2D eigenvalue weighted by molar-refractivity contribution is 5.83. The molecule has 2 rings (SSSR count). The van der Waals surface area contributed by atoms with Crippen LogP contribution in [0.1, 0.15) is 31.2 Å². The highest BCUT2D eigenvalue weighted by Crippen LogP contribution is 2.35. The molecule has 0 saturated heterocycles. The van der Waals surface area contributed by atoms with Crippen molar-refractivity contribution in [2.24, 2.45) is 0 Å². The number of amides is 1. The first-order chi connectivity index (χ1) is 9.08. The molecule has 0 spiro atoms. The topological polar surface area (TPSA) is 75.6 Å². The zero-order chi connectivity index (χ0) is 13.8. The Morgan fingerprint density at radius 1 is 1.47 bits per heavy atom. The highest BCUT2D eigenvalue weighted by atomic mass is 16.5. The summed E-state index contributed by atoms with van der Waals surface area (Å²) in [7, 11) is 0. The van der Waals surface area contributed by atoms with Gasteiger partial charge in [0.1, 0.15) is 11.8 Å². The van der Waals surface area contributed by atoms with Gasteiger partial charge in [-0.1, -0.05) is 18.2 Å². The van der Waals surface area contributed by atoms with Crippen molar-refractivity contribution in [3.63, 3.8) is 0 Å². The standard InChI is InChI=1S/C14H17NO4/c1-9(14(17)18)15-13(16)8-10-6-7-19-12-5-3-2-4-11(10)12/h2-5,9-10H,6-8H2,1H3,(H,15,16)(H,17,18)/t9-,10-/m0/s1. The second kappa shape index (κ2) is 5.73. The van der Waals surface area contributed by atoms with Crippen LogP contribution in [0.3, 0.4) is 0 Å². The van der Waals surface area contributed by atoms with Crippen molar-refractivity contribution in [1.29, 1.82) is 0 Å². The third-order valence-corrected chi connectivity index (χ3v) is 3.26. The zero-order valence-electron chi connectivity index (χ0n) is 10.8. The first-order valence-electron chi connectivity index (χ1n) is 6.32. The molecular formula is C14H17NO4. The van der Waals surface area contributed by atoms with Crippen LogP contribution in [0, 0.1) is 0 Å². The summed E-state index contributed by atoms with van der Waals surface area (Å²) in [5.74, 6) is -0.360. The van der Waals surface area contributed by atoms with Gasteiger partial charge in [0.25, 0.3) is 0 Å². The lowest BCUT2D eigenvalue weighted by molar-refractivity contribution is -0.141. The van der Waals surface area contributed by atoms with Gasteiger partial charge in [0.2, 0.25) is 5.91 Å². The molecule has 5 heteroatoms. The average Bonchev–Trinajstić information content (AvgIpc) is 2.39. The first kappa shape index (κ1) is 13.4. The summed E-state index contributed by atoms with van der Waals surface area (Å²) < 4.78 is 5.53. The van der Waals surface area contributed by atoms with E-state index in [0.717, 1.165) is 17.7 Å². The minimum Gasteiger partial charge on any atom is -0.493 e. The molecular weight excluding hydrogens is 246 g/mol. The lowest BCUT2D eigenvalue weighted by atomic mass is 9.90. The molecule has 19 heavy (non-hydrogen) atoms. The summed E-state index contributed by atoms with van der Waals surface area (Å²) in [6.07, 6.45) is 1.06. The molecule has 0 saturated carbocycles. The maximum atomic E-state index is 11.8. The van der Waals surface area contributed by atoms with E-state index < -0.39 is 12.0 Å². The number of carbonyl (C=O) groups excluding carboxylic acids is 1. The predicted molar refractivity (Wildman–Crippen MR) is 69.2 cm³/mol. The number of carbonyl (C=O) groups is 2. The number of benzene rings is 1. The van der Waals surface area contributed by atoms with Crippen molar-refractivity contribution < 1.29 is 19.4 Å². The van der Waals surface area contributed by atoms with Gasteiger partial charge in [-0.3, -0.25) is 9.59 Å². The highest BCUT2D eigenvalue weighted by Gasteiger charge is 2.24. The number of carboxylic acids is 1. The number of nitrogens with one attached hydrogen (secondary N) is 1. The largest absolute Gasteiger partial charge is 0.493 e. The minimum absolute atomic E-state index is 0.0888. The molecule has 0 unspecified atom stereocenters. The lowest BCUT2D eigenvalue weighted by Crippen LogP contribution is -2.39. The number of ether oxygens (including phenoxy) is 1. The van der Waals surface area contributed by atoms with Crippen molar-refractivity contribution in [2.45, 2.75) is 31.7 Å². The summed E-state index contributed by atoms with van der Waals surface area (Å²) >= 11 is 0. The van der Waals surface area contributed by atoms with Gasteiger partial charge < -0.3 is 15.2 Å². The number of hydrogen-bond acceptors (Lipinski definition) is 3. The molecule has 5 nitrogen and oxygen atoms in total. The van der Waals surface area contributed by atoms with E-state index in [0.29, 0.717) is 6.61 Å². The van der Waals surface area contributed by atoms with Crippen molar-refractivity contribution in [3.8, 4) is 5.75 Å². The molecule has 0 bridgehead atoms. The molecule has 1 aromatic rings. The van der Waals surface area contributed by atoms with Crippen LogP contribution in [0.15, 0.2) is 24.3 Å². The Morgan fingerprint density at radius 3 is 2.95 bits per heavy atom. The molecule has 1 heterocycles. The van der Waals surface area contributed by atoms with Crippen LogP contribution >= 0.6 is 0 Å². The minimum atomic E-state index is -1.03. The van der Waals surface area contributed by atoms with Crippen molar-refractivity contribution >= 4 is 11.9 Å². The van der Waals surface area contributed by atoms with Gasteiger partial charge >= 0.3 is 5.97 Å². The number of rotatable bonds is 4. The van der Waals surface area contributed by atoms with Gasteiger partial charge in [-0.15, -0.1) is 0 Å². The van der Waals surface area contributed by atoms with E-state index in [1.54, 1.807) is 0 Å². The number of para-hydroxylation sites is 1. The Balaban J connectivity index is 2.01. The summed E-state index contributed by atoms with van der Waals surface area (Å²) in [6.45, 7) is 2.04. The van der Waals surface area contributed by atoms with Crippen LogP contribution in [0.2, 0.25) is 0 Å². The first-order valence-corrected chi connectivity index (χ1v) is 6.32.